The van der Waals surface area contributed by atoms with Crippen molar-refractivity contribution < 1.29 is 4.39 Å². The Labute approximate surface area is 131 Å². The monoisotopic (exact) mass is 300 g/mol. The third kappa shape index (κ3) is 9.38. The van der Waals surface area contributed by atoms with Gasteiger partial charge in [0.1, 0.15) is 11.5 Å². The van der Waals surface area contributed by atoms with Gasteiger partial charge in [-0.1, -0.05) is 50.5 Å². The quantitative estimate of drug-likeness (QED) is 0.648. The van der Waals surface area contributed by atoms with E-state index in [1.807, 2.05) is 31.2 Å². The second-order valence-corrected chi connectivity index (χ2v) is 4.55. The van der Waals surface area contributed by atoms with Crippen LogP contribution in [0.25, 0.3) is 0 Å². The summed E-state index contributed by atoms with van der Waals surface area (Å²) in [5.74, 6) is -0.438. The average molecular weight is 300 g/mol. The Bertz CT molecular complexity index is 587. The van der Waals surface area contributed by atoms with Gasteiger partial charge in [0.15, 0.2) is 0 Å². The lowest BCUT2D eigenvalue weighted by molar-refractivity contribution is 0.628. The molecule has 2 aromatic rings. The molecule has 0 bridgehead atoms. The van der Waals surface area contributed by atoms with Crippen LogP contribution < -0.4 is 0 Å². The van der Waals surface area contributed by atoms with Crippen molar-refractivity contribution in [3.8, 4) is 6.07 Å². The number of unbranched alkanes of at least 4 members (excludes halogenated alkanes) is 1. The minimum atomic E-state index is -0.438. The standard InChI is InChI=1S/C8H7N.C6H4FNO.C4H10/c1-7-2-4-8(6-9)5-3-7;7-5-2-1-3-6(4-5)8-9;1-3-4-2/h2-5H,1H3;1-4H;3-4H2,1-2H3. The molecule has 0 spiro atoms. The Kier molecular flexibility index (Phi) is 10.8. The number of benzene rings is 2. The first kappa shape index (κ1) is 19.5. The van der Waals surface area contributed by atoms with Crippen molar-refractivity contribution in [3.63, 3.8) is 0 Å². The highest BCUT2D eigenvalue weighted by Crippen LogP contribution is 2.11. The summed E-state index contributed by atoms with van der Waals surface area (Å²) >= 11 is 0. The van der Waals surface area contributed by atoms with Gasteiger partial charge in [-0.05, 0) is 36.4 Å². The Morgan fingerprint density at radius 2 is 1.68 bits per heavy atom. The third-order valence-electron chi connectivity index (χ3n) is 2.59. The molecule has 116 valence electrons. The van der Waals surface area contributed by atoms with E-state index in [4.69, 9.17) is 5.26 Å². The Hall–Kier alpha value is -2.54. The number of aryl methyl sites for hydroxylation is 1. The summed E-state index contributed by atoms with van der Waals surface area (Å²) in [4.78, 5) is 9.74. The van der Waals surface area contributed by atoms with Crippen molar-refractivity contribution in [2.24, 2.45) is 5.18 Å². The number of halogens is 1. The summed E-state index contributed by atoms with van der Waals surface area (Å²) in [6.45, 7) is 6.36. The second kappa shape index (κ2) is 12.2. The number of nitrogens with zero attached hydrogens (tertiary/aromatic N) is 2. The summed E-state index contributed by atoms with van der Waals surface area (Å²) < 4.78 is 12.2. The van der Waals surface area contributed by atoms with Gasteiger partial charge < -0.3 is 0 Å². The molecule has 0 unspecified atom stereocenters. The highest BCUT2D eigenvalue weighted by Gasteiger charge is 1.90. The molecule has 0 aromatic heterocycles. The van der Waals surface area contributed by atoms with Crippen molar-refractivity contribution in [2.75, 3.05) is 0 Å². The summed E-state index contributed by atoms with van der Waals surface area (Å²) in [5.41, 5.74) is 2.03. The lowest BCUT2D eigenvalue weighted by Gasteiger charge is -1.88. The SMILES string of the molecule is CCCC.Cc1ccc(C#N)cc1.O=Nc1cccc(F)c1. The molecule has 0 radical (unpaired) electrons. The van der Waals surface area contributed by atoms with E-state index in [1.165, 1.54) is 36.6 Å². The van der Waals surface area contributed by atoms with Crippen molar-refractivity contribution in [1.82, 2.24) is 0 Å². The fourth-order valence-electron chi connectivity index (χ4n) is 1.16. The molecule has 0 saturated carbocycles. The molecular weight excluding hydrogens is 279 g/mol. The smallest absolute Gasteiger partial charge is 0.125 e. The highest BCUT2D eigenvalue weighted by molar-refractivity contribution is 5.35. The van der Waals surface area contributed by atoms with E-state index >= 15 is 0 Å². The van der Waals surface area contributed by atoms with Crippen LogP contribution >= 0.6 is 0 Å². The summed E-state index contributed by atoms with van der Waals surface area (Å²) in [6, 6.07) is 14.8. The van der Waals surface area contributed by atoms with Crippen molar-refractivity contribution in [1.29, 1.82) is 5.26 Å². The van der Waals surface area contributed by atoms with Crippen molar-refractivity contribution >= 4 is 5.69 Å². The predicted octanol–water partition coefficient (Wildman–Crippen LogP) is 5.90. The zero-order valence-corrected chi connectivity index (χ0v) is 13.2. The minimum Gasteiger partial charge on any atom is -0.207 e. The Morgan fingerprint density at radius 3 is 2.05 bits per heavy atom. The van der Waals surface area contributed by atoms with Crippen LogP contribution in [0.2, 0.25) is 0 Å². The Balaban J connectivity index is 0.000000326. The molecule has 0 heterocycles. The van der Waals surface area contributed by atoms with Crippen LogP contribution in [0.1, 0.15) is 37.8 Å². The molecule has 0 amide bonds. The van der Waals surface area contributed by atoms with E-state index in [2.05, 4.69) is 25.1 Å². The first-order chi connectivity index (χ1) is 10.6. The zero-order valence-electron chi connectivity index (χ0n) is 13.2. The first-order valence-electron chi connectivity index (χ1n) is 7.13. The normalized spacial score (nSPS) is 8.50. The molecule has 2 aromatic carbocycles. The summed E-state index contributed by atoms with van der Waals surface area (Å²) in [5, 5.41) is 10.9. The third-order valence-corrected chi connectivity index (χ3v) is 2.59. The fraction of sp³-hybridized carbons (Fsp3) is 0.278. The highest BCUT2D eigenvalue weighted by atomic mass is 19.1. The average Bonchev–Trinajstić information content (AvgIpc) is 2.56. The Morgan fingerprint density at radius 1 is 1.09 bits per heavy atom. The van der Waals surface area contributed by atoms with Crippen molar-refractivity contribution in [2.45, 2.75) is 33.6 Å². The van der Waals surface area contributed by atoms with Gasteiger partial charge in [-0.3, -0.25) is 0 Å². The first-order valence-corrected chi connectivity index (χ1v) is 7.13. The number of hydrogen-bond donors (Lipinski definition) is 0. The fourth-order valence-corrected chi connectivity index (χ4v) is 1.16. The van der Waals surface area contributed by atoms with Crippen LogP contribution in [-0.2, 0) is 0 Å². The van der Waals surface area contributed by atoms with Crippen molar-refractivity contribution in [3.05, 3.63) is 70.4 Å². The summed E-state index contributed by atoms with van der Waals surface area (Å²) in [7, 11) is 0. The van der Waals surface area contributed by atoms with E-state index in [0.29, 0.717) is 0 Å². The summed E-state index contributed by atoms with van der Waals surface area (Å²) in [6.07, 6.45) is 2.64. The molecule has 0 N–H and O–H groups in total. The molecule has 3 nitrogen and oxygen atoms in total. The van der Waals surface area contributed by atoms with Crippen LogP contribution in [0.3, 0.4) is 0 Å². The van der Waals surface area contributed by atoms with Gasteiger partial charge in [-0.25, -0.2) is 4.39 Å². The van der Waals surface area contributed by atoms with Crippen LogP contribution in [0.15, 0.2) is 53.7 Å². The van der Waals surface area contributed by atoms with E-state index in [1.54, 1.807) is 0 Å². The van der Waals surface area contributed by atoms with Crippen LogP contribution in [0.4, 0.5) is 10.1 Å². The minimum absolute atomic E-state index is 0.120. The number of hydrogen-bond acceptors (Lipinski definition) is 3. The number of nitriles is 1. The molecule has 0 saturated heterocycles. The largest absolute Gasteiger partial charge is 0.207 e. The van der Waals surface area contributed by atoms with E-state index in [0.717, 1.165) is 11.6 Å². The number of rotatable bonds is 2. The topological polar surface area (TPSA) is 53.2 Å². The molecule has 0 fully saturated rings. The molecule has 2 rings (SSSR count). The van der Waals surface area contributed by atoms with E-state index in [9.17, 15) is 9.30 Å². The molecule has 4 heteroatoms. The van der Waals surface area contributed by atoms with Crippen LogP contribution in [-0.4, -0.2) is 0 Å². The van der Waals surface area contributed by atoms with Gasteiger partial charge in [-0.2, -0.15) is 5.26 Å². The van der Waals surface area contributed by atoms with Gasteiger partial charge in [0.2, 0.25) is 0 Å². The maximum atomic E-state index is 12.2. The molecule has 0 atom stereocenters. The van der Waals surface area contributed by atoms with E-state index < -0.39 is 5.82 Å². The lowest BCUT2D eigenvalue weighted by Crippen LogP contribution is -1.72. The maximum Gasteiger partial charge on any atom is 0.125 e. The zero-order chi connectivity index (χ0) is 16.8. The molecule has 0 aliphatic carbocycles. The molecule has 0 aliphatic rings. The number of nitroso groups, excluding NO2 is 1. The molecular formula is C18H21FN2O. The molecule has 0 aliphatic heterocycles. The van der Waals surface area contributed by atoms with Crippen LogP contribution in [0, 0.1) is 29.0 Å². The van der Waals surface area contributed by atoms with Gasteiger partial charge in [0, 0.05) is 6.07 Å². The molecule has 22 heavy (non-hydrogen) atoms. The predicted molar refractivity (Wildman–Crippen MR) is 88.3 cm³/mol. The second-order valence-electron chi connectivity index (χ2n) is 4.55. The van der Waals surface area contributed by atoms with Gasteiger partial charge >= 0.3 is 0 Å². The van der Waals surface area contributed by atoms with Gasteiger partial charge in [-0.15, -0.1) is 4.91 Å². The maximum absolute atomic E-state index is 12.2. The van der Waals surface area contributed by atoms with Crippen LogP contribution in [0.5, 0.6) is 0 Å². The van der Waals surface area contributed by atoms with E-state index in [-0.39, 0.29) is 5.69 Å². The lowest BCUT2D eigenvalue weighted by atomic mass is 10.2. The van der Waals surface area contributed by atoms with Gasteiger partial charge in [0.05, 0.1) is 11.6 Å². The van der Waals surface area contributed by atoms with Gasteiger partial charge in [0.25, 0.3) is 0 Å².